The van der Waals surface area contributed by atoms with Crippen LogP contribution in [0.4, 0.5) is 8.78 Å². The Morgan fingerprint density at radius 3 is 1.64 bits per heavy atom. The average Bonchev–Trinajstić information content (AvgIpc) is 2.55. The van der Waals surface area contributed by atoms with Crippen molar-refractivity contribution < 1.29 is 17.9 Å². The minimum absolute atomic E-state index is 0.327. The summed E-state index contributed by atoms with van der Waals surface area (Å²) in [6.07, 6.45) is 1.53. The zero-order valence-electron chi connectivity index (χ0n) is 17.2. The van der Waals surface area contributed by atoms with Gasteiger partial charge in [-0.05, 0) is 88.9 Å². The van der Waals surface area contributed by atoms with Gasteiger partial charge in [-0.2, -0.15) is 0 Å². The normalized spacial score (nSPS) is 12.5. The van der Waals surface area contributed by atoms with Crippen LogP contribution >= 0.6 is 0 Å². The molecule has 0 heterocycles. The summed E-state index contributed by atoms with van der Waals surface area (Å²) in [6, 6.07) is 12.0. The second-order valence-electron chi connectivity index (χ2n) is 8.37. The molecular weight excluding hydrogens is 376 g/mol. The molecule has 0 radical (unpaired) electrons. The minimum Gasteiger partial charge on any atom is -0.519 e. The van der Waals surface area contributed by atoms with Crippen molar-refractivity contribution in [2.24, 2.45) is 4.99 Å². The molecule has 0 N–H and O–H groups in total. The highest BCUT2D eigenvalue weighted by molar-refractivity contribution is 6.70. The van der Waals surface area contributed by atoms with E-state index in [-0.39, 0.29) is 11.6 Å². The number of halogens is 2. The van der Waals surface area contributed by atoms with Gasteiger partial charge in [-0.3, -0.25) is 0 Å². The quantitative estimate of drug-likeness (QED) is 0.323. The van der Waals surface area contributed by atoms with E-state index in [9.17, 15) is 8.78 Å². The molecule has 0 spiro atoms. The molecule has 0 aromatic heterocycles. The highest BCUT2D eigenvalue weighted by Gasteiger charge is 2.22. The number of aliphatic imine (C=N–C) groups is 1. The van der Waals surface area contributed by atoms with E-state index in [1.54, 1.807) is 24.3 Å². The van der Waals surface area contributed by atoms with Crippen molar-refractivity contribution in [3.05, 3.63) is 83.4 Å². The lowest BCUT2D eigenvalue weighted by Crippen LogP contribution is -2.29. The lowest BCUT2D eigenvalue weighted by atomic mass is 10.0. The molecule has 0 saturated heterocycles. The lowest BCUT2D eigenvalue weighted by Gasteiger charge is -2.27. The molecule has 0 atom stereocenters. The lowest BCUT2D eigenvalue weighted by molar-refractivity contribution is -0.00876. The summed E-state index contributed by atoms with van der Waals surface area (Å²) >= 11 is 0. The summed E-state index contributed by atoms with van der Waals surface area (Å²) in [4.78, 5) is 4.57. The van der Waals surface area contributed by atoms with Gasteiger partial charge in [0, 0.05) is 11.1 Å². The van der Waals surface area contributed by atoms with Crippen molar-refractivity contribution in [1.82, 2.24) is 0 Å². The molecule has 2 rings (SSSR count). The minimum atomic E-state index is -1.93. The fraction of sp³-hybridized carbons (Fsp3) is 0.318. The van der Waals surface area contributed by atoms with Crippen molar-refractivity contribution in [3.63, 3.8) is 0 Å². The van der Waals surface area contributed by atoms with Gasteiger partial charge in [0.25, 0.3) is 5.95 Å². The van der Waals surface area contributed by atoms with Gasteiger partial charge < -0.3 is 9.16 Å². The molecule has 2 aromatic rings. The molecular formula is C22H27F2NO2Si. The van der Waals surface area contributed by atoms with E-state index in [0.29, 0.717) is 22.8 Å². The van der Waals surface area contributed by atoms with Gasteiger partial charge in [0.15, 0.2) is 0 Å². The maximum absolute atomic E-state index is 13.4. The molecule has 0 fully saturated rings. The first-order valence-corrected chi connectivity index (χ1v) is 12.5. The third-order valence-corrected chi connectivity index (χ3v) is 4.16. The number of benzene rings is 2. The topological polar surface area (TPSA) is 30.8 Å². The van der Waals surface area contributed by atoms with Crippen LogP contribution in [0.3, 0.4) is 0 Å². The number of nitrogens with zero attached hydrogens (tertiary/aromatic N) is 1. The zero-order chi connectivity index (χ0) is 20.9. The van der Waals surface area contributed by atoms with Gasteiger partial charge in [0.05, 0.1) is 5.71 Å². The van der Waals surface area contributed by atoms with Crippen molar-refractivity contribution in [1.29, 1.82) is 0 Å². The molecule has 2 aromatic carbocycles. The molecule has 3 nitrogen and oxygen atoms in total. The summed E-state index contributed by atoms with van der Waals surface area (Å²) in [6.45, 7) is 11.9. The van der Waals surface area contributed by atoms with E-state index < -0.39 is 13.9 Å². The van der Waals surface area contributed by atoms with Crippen LogP contribution in [0.15, 0.2) is 65.7 Å². The van der Waals surface area contributed by atoms with Crippen molar-refractivity contribution in [2.45, 2.75) is 46.0 Å². The number of hydrogen-bond donors (Lipinski definition) is 0. The average molecular weight is 404 g/mol. The largest absolute Gasteiger partial charge is 0.519 e. The highest BCUT2D eigenvalue weighted by Crippen LogP contribution is 2.20. The van der Waals surface area contributed by atoms with Crippen LogP contribution < -0.4 is 0 Å². The van der Waals surface area contributed by atoms with Crippen LogP contribution in [0.5, 0.6) is 0 Å². The van der Waals surface area contributed by atoms with E-state index in [4.69, 9.17) is 9.16 Å². The molecule has 0 amide bonds. The number of hydrogen-bond acceptors (Lipinski definition) is 3. The fourth-order valence-electron chi connectivity index (χ4n) is 2.33. The van der Waals surface area contributed by atoms with Gasteiger partial charge in [-0.1, -0.05) is 0 Å². The third-order valence-electron chi connectivity index (χ3n) is 3.35. The van der Waals surface area contributed by atoms with Crippen molar-refractivity contribution in [3.8, 4) is 0 Å². The molecule has 0 bridgehead atoms. The molecule has 28 heavy (non-hydrogen) atoms. The van der Waals surface area contributed by atoms with Gasteiger partial charge in [0.1, 0.15) is 23.4 Å². The highest BCUT2D eigenvalue weighted by atomic mass is 28.4. The molecule has 150 valence electrons. The Bertz CT molecular complexity index is 781. The second-order valence-corrected chi connectivity index (χ2v) is 12.8. The van der Waals surface area contributed by atoms with Gasteiger partial charge in [-0.15, -0.1) is 0 Å². The molecule has 6 heteroatoms. The maximum Gasteiger partial charge on any atom is 0.285 e. The van der Waals surface area contributed by atoms with Crippen LogP contribution in [0, 0.1) is 11.6 Å². The second kappa shape index (κ2) is 8.69. The molecule has 0 unspecified atom stereocenters. The Labute approximate surface area is 166 Å². The summed E-state index contributed by atoms with van der Waals surface area (Å²) in [5.74, 6) is -0.346. The Morgan fingerprint density at radius 2 is 1.29 bits per heavy atom. The van der Waals surface area contributed by atoms with Gasteiger partial charge in [0.2, 0.25) is 8.32 Å². The molecule has 0 aliphatic rings. The fourth-order valence-corrected chi connectivity index (χ4v) is 3.02. The van der Waals surface area contributed by atoms with E-state index in [2.05, 4.69) is 24.6 Å². The van der Waals surface area contributed by atoms with Crippen LogP contribution in [0.25, 0.3) is 0 Å². The predicted molar refractivity (Wildman–Crippen MR) is 112 cm³/mol. The van der Waals surface area contributed by atoms with Crippen molar-refractivity contribution in [2.75, 3.05) is 0 Å². The number of rotatable bonds is 6. The number of ether oxygens (including phenoxy) is 1. The van der Waals surface area contributed by atoms with E-state index in [1.165, 1.54) is 30.5 Å². The predicted octanol–water partition coefficient (Wildman–Crippen LogP) is 6.27. The van der Waals surface area contributed by atoms with Crippen LogP contribution in [-0.4, -0.2) is 19.6 Å². The Morgan fingerprint density at radius 1 is 0.857 bits per heavy atom. The molecule has 0 saturated carbocycles. The summed E-state index contributed by atoms with van der Waals surface area (Å²) in [7, 11) is -1.93. The van der Waals surface area contributed by atoms with Gasteiger partial charge >= 0.3 is 0 Å². The maximum atomic E-state index is 13.4. The van der Waals surface area contributed by atoms with Crippen LogP contribution in [-0.2, 0) is 9.16 Å². The van der Waals surface area contributed by atoms with E-state index >= 15 is 0 Å². The van der Waals surface area contributed by atoms with Crippen LogP contribution in [0.1, 0.15) is 31.9 Å². The smallest absolute Gasteiger partial charge is 0.285 e. The standard InChI is InChI=1S/C22H27F2NO2Si/c1-22(2,3)26-20(27-28(4,5)6)15-25-21(16-7-11-18(23)12-8-16)17-9-13-19(24)14-10-17/h7-15H,1-6H3/b20-15+. The Balaban J connectivity index is 2.52. The van der Waals surface area contributed by atoms with Crippen LogP contribution in [0.2, 0.25) is 19.6 Å². The molecule has 0 aliphatic carbocycles. The first kappa shape index (κ1) is 21.8. The summed E-state index contributed by atoms with van der Waals surface area (Å²) in [5.41, 5.74) is 1.52. The Hall–Kier alpha value is -2.47. The monoisotopic (exact) mass is 403 g/mol. The first-order chi connectivity index (χ1) is 12.9. The zero-order valence-corrected chi connectivity index (χ0v) is 18.2. The summed E-state index contributed by atoms with van der Waals surface area (Å²) < 4.78 is 38.7. The first-order valence-electron chi connectivity index (χ1n) is 9.11. The molecule has 0 aliphatic heterocycles. The van der Waals surface area contributed by atoms with Crippen molar-refractivity contribution >= 4 is 14.0 Å². The Kier molecular flexibility index (Phi) is 6.77. The van der Waals surface area contributed by atoms with E-state index in [0.717, 1.165) is 0 Å². The third kappa shape index (κ3) is 7.27. The summed E-state index contributed by atoms with van der Waals surface area (Å²) in [5, 5.41) is 0. The van der Waals surface area contributed by atoms with E-state index in [1.807, 2.05) is 20.8 Å². The SMILES string of the molecule is CC(C)(C)O/C(=C\N=C(c1ccc(F)cc1)c1ccc(F)cc1)O[Si](C)(C)C. The van der Waals surface area contributed by atoms with Gasteiger partial charge in [-0.25, -0.2) is 13.8 Å².